The second-order valence-electron chi connectivity index (χ2n) is 2.20. The smallest absolute Gasteiger partial charge is 0.307 e. The summed E-state index contributed by atoms with van der Waals surface area (Å²) < 4.78 is 12.6. The van der Waals surface area contributed by atoms with E-state index >= 15 is 0 Å². The predicted octanol–water partition coefficient (Wildman–Crippen LogP) is 1.43. The Bertz CT molecular complexity index is 359. The number of carbonyl (C=O) groups is 1. The number of anilines is 1. The number of urea groups is 1. The molecule has 4 nitrogen and oxygen atoms in total. The van der Waals surface area contributed by atoms with Crippen LogP contribution < -0.4 is 10.6 Å². The van der Waals surface area contributed by atoms with Gasteiger partial charge in [0.05, 0.1) is 0 Å². The number of rotatable bonds is 1. The quantitative estimate of drug-likeness (QED) is 0.506. The average Bonchev–Trinajstić information content (AvgIpc) is 2.04. The second-order valence-corrected chi connectivity index (χ2v) is 2.20. The normalized spacial score (nSPS) is 8.62. The van der Waals surface area contributed by atoms with E-state index in [9.17, 15) is 9.18 Å². The molecule has 0 radical (unpaired) electrons. The number of benzene rings is 1. The zero-order valence-electron chi connectivity index (χ0n) is 6.54. The van der Waals surface area contributed by atoms with Gasteiger partial charge in [-0.2, -0.15) is 5.26 Å². The van der Waals surface area contributed by atoms with Crippen LogP contribution in [0.1, 0.15) is 0 Å². The maximum atomic E-state index is 12.6. The summed E-state index contributed by atoms with van der Waals surface area (Å²) in [5, 5.41) is 12.2. The Morgan fingerprint density at radius 2 is 2.31 bits per heavy atom. The molecule has 0 spiro atoms. The van der Waals surface area contributed by atoms with Crippen molar-refractivity contribution in [2.45, 2.75) is 0 Å². The molecule has 13 heavy (non-hydrogen) atoms. The molecule has 0 atom stereocenters. The fraction of sp³-hybridized carbons (Fsp3) is 0. The van der Waals surface area contributed by atoms with Gasteiger partial charge in [-0.1, -0.05) is 6.07 Å². The first-order valence-corrected chi connectivity index (χ1v) is 3.44. The molecule has 0 saturated heterocycles. The van der Waals surface area contributed by atoms with Gasteiger partial charge in [0.15, 0.2) is 6.19 Å². The summed E-state index contributed by atoms with van der Waals surface area (Å²) in [7, 11) is 0. The van der Waals surface area contributed by atoms with E-state index < -0.39 is 11.8 Å². The van der Waals surface area contributed by atoms with Gasteiger partial charge in [-0.05, 0) is 18.2 Å². The van der Waals surface area contributed by atoms with Gasteiger partial charge in [0, 0.05) is 5.69 Å². The van der Waals surface area contributed by atoms with E-state index in [1.54, 1.807) is 0 Å². The number of nitrogens with zero attached hydrogens (tertiary/aromatic N) is 1. The van der Waals surface area contributed by atoms with Crippen molar-refractivity contribution in [3.05, 3.63) is 30.1 Å². The van der Waals surface area contributed by atoms with Gasteiger partial charge in [-0.25, -0.2) is 14.5 Å². The SMILES string of the molecule is N#CNC(=O)Nc1cccc(F)c1. The third-order valence-electron chi connectivity index (χ3n) is 1.25. The lowest BCUT2D eigenvalue weighted by Gasteiger charge is -2.01. The molecule has 1 rings (SSSR count). The van der Waals surface area contributed by atoms with E-state index in [0.29, 0.717) is 5.69 Å². The van der Waals surface area contributed by atoms with E-state index in [1.165, 1.54) is 24.4 Å². The van der Waals surface area contributed by atoms with Crippen molar-refractivity contribution in [2.24, 2.45) is 0 Å². The Morgan fingerprint density at radius 3 is 2.92 bits per heavy atom. The number of hydrogen-bond acceptors (Lipinski definition) is 2. The third-order valence-corrected chi connectivity index (χ3v) is 1.25. The molecule has 0 heterocycles. The van der Waals surface area contributed by atoms with E-state index in [0.717, 1.165) is 6.07 Å². The molecule has 0 bridgehead atoms. The highest BCUT2D eigenvalue weighted by Crippen LogP contribution is 2.08. The Labute approximate surface area is 74.0 Å². The largest absolute Gasteiger partial charge is 0.332 e. The second kappa shape index (κ2) is 4.07. The maximum Gasteiger partial charge on any atom is 0.332 e. The molecule has 5 heteroatoms. The van der Waals surface area contributed by atoms with Gasteiger partial charge >= 0.3 is 6.03 Å². The van der Waals surface area contributed by atoms with E-state index in [1.807, 2.05) is 5.32 Å². The minimum atomic E-state index is -0.687. The van der Waals surface area contributed by atoms with Crippen LogP contribution in [0.2, 0.25) is 0 Å². The molecule has 1 aromatic carbocycles. The molecule has 0 unspecified atom stereocenters. The highest BCUT2D eigenvalue weighted by Gasteiger charge is 1.99. The topological polar surface area (TPSA) is 64.9 Å². The Kier molecular flexibility index (Phi) is 2.82. The Balaban J connectivity index is 2.65. The molecule has 0 aliphatic rings. The molecule has 0 aromatic heterocycles. The van der Waals surface area contributed by atoms with Crippen LogP contribution in [0.15, 0.2) is 24.3 Å². The number of amides is 2. The first kappa shape index (κ1) is 9.00. The summed E-state index contributed by atoms with van der Waals surface area (Å²) in [4.78, 5) is 10.8. The van der Waals surface area contributed by atoms with Crippen LogP contribution in [-0.4, -0.2) is 6.03 Å². The van der Waals surface area contributed by atoms with Crippen molar-refractivity contribution in [2.75, 3.05) is 5.32 Å². The van der Waals surface area contributed by atoms with E-state index in [4.69, 9.17) is 5.26 Å². The monoisotopic (exact) mass is 179 g/mol. The number of nitrogens with one attached hydrogen (secondary N) is 2. The molecule has 66 valence electrons. The summed E-state index contributed by atoms with van der Waals surface area (Å²) in [6.07, 6.45) is 1.45. The highest BCUT2D eigenvalue weighted by atomic mass is 19.1. The van der Waals surface area contributed by atoms with E-state index in [2.05, 4.69) is 5.32 Å². The Morgan fingerprint density at radius 1 is 1.54 bits per heavy atom. The van der Waals surface area contributed by atoms with Gasteiger partial charge in [0.2, 0.25) is 0 Å². The van der Waals surface area contributed by atoms with Crippen molar-refractivity contribution in [1.29, 1.82) is 5.26 Å². The third kappa shape index (κ3) is 2.79. The molecule has 1 aromatic rings. The van der Waals surface area contributed by atoms with Crippen LogP contribution in [0, 0.1) is 17.3 Å². The van der Waals surface area contributed by atoms with Crippen LogP contribution in [0.25, 0.3) is 0 Å². The zero-order valence-corrected chi connectivity index (χ0v) is 6.54. The first-order chi connectivity index (χ1) is 6.22. The molecule has 0 aliphatic heterocycles. The van der Waals surface area contributed by atoms with Crippen molar-refractivity contribution in [1.82, 2.24) is 5.32 Å². The number of hydrogen-bond donors (Lipinski definition) is 2. The molecule has 0 aliphatic carbocycles. The number of halogens is 1. The molecular weight excluding hydrogens is 173 g/mol. The van der Waals surface area contributed by atoms with Gasteiger partial charge in [0.1, 0.15) is 5.82 Å². The number of nitriles is 1. The predicted molar refractivity (Wildman–Crippen MR) is 44.2 cm³/mol. The van der Waals surface area contributed by atoms with Gasteiger partial charge in [0.25, 0.3) is 0 Å². The van der Waals surface area contributed by atoms with Crippen molar-refractivity contribution in [3.63, 3.8) is 0 Å². The minimum absolute atomic E-state index is 0.299. The molecule has 2 amide bonds. The van der Waals surface area contributed by atoms with Gasteiger partial charge in [-0.3, -0.25) is 0 Å². The lowest BCUT2D eigenvalue weighted by molar-refractivity contribution is 0.255. The van der Waals surface area contributed by atoms with Crippen LogP contribution in [-0.2, 0) is 0 Å². The summed E-state index contributed by atoms with van der Waals surface area (Å²) in [5.41, 5.74) is 0.299. The fourth-order valence-electron chi connectivity index (χ4n) is 0.779. The summed E-state index contributed by atoms with van der Waals surface area (Å²) in [6.45, 7) is 0. The van der Waals surface area contributed by atoms with Gasteiger partial charge < -0.3 is 5.32 Å². The molecule has 2 N–H and O–H groups in total. The standard InChI is InChI=1S/C8H6FN3O/c9-6-2-1-3-7(4-6)12-8(13)11-5-10/h1-4H,(H2,11,12,13). The minimum Gasteiger partial charge on any atom is -0.307 e. The molecule has 0 saturated carbocycles. The van der Waals surface area contributed by atoms with Crippen LogP contribution in [0.5, 0.6) is 0 Å². The van der Waals surface area contributed by atoms with Crippen molar-refractivity contribution in [3.8, 4) is 6.19 Å². The van der Waals surface area contributed by atoms with Crippen molar-refractivity contribution < 1.29 is 9.18 Å². The van der Waals surface area contributed by atoms with Crippen LogP contribution >= 0.6 is 0 Å². The molecule has 0 fully saturated rings. The Hall–Kier alpha value is -2.09. The molecular formula is C8H6FN3O. The lowest BCUT2D eigenvalue weighted by Crippen LogP contribution is -2.23. The first-order valence-electron chi connectivity index (χ1n) is 3.44. The van der Waals surface area contributed by atoms with Crippen molar-refractivity contribution >= 4 is 11.7 Å². The average molecular weight is 179 g/mol. The summed E-state index contributed by atoms with van der Waals surface area (Å²) in [6, 6.07) is 4.69. The fourth-order valence-corrected chi connectivity index (χ4v) is 0.779. The zero-order chi connectivity index (χ0) is 9.68. The van der Waals surface area contributed by atoms with Crippen LogP contribution in [0.4, 0.5) is 14.9 Å². The van der Waals surface area contributed by atoms with E-state index in [-0.39, 0.29) is 0 Å². The lowest BCUT2D eigenvalue weighted by atomic mass is 10.3. The summed E-state index contributed by atoms with van der Waals surface area (Å²) >= 11 is 0. The van der Waals surface area contributed by atoms with Crippen LogP contribution in [0.3, 0.4) is 0 Å². The van der Waals surface area contributed by atoms with Gasteiger partial charge in [-0.15, -0.1) is 0 Å². The number of carbonyl (C=O) groups excluding carboxylic acids is 1. The summed E-state index contributed by atoms with van der Waals surface area (Å²) in [5.74, 6) is -0.449. The highest BCUT2D eigenvalue weighted by molar-refractivity contribution is 5.90. The maximum absolute atomic E-state index is 12.6.